The van der Waals surface area contributed by atoms with Crippen molar-refractivity contribution in [1.29, 1.82) is 0 Å². The van der Waals surface area contributed by atoms with Crippen molar-refractivity contribution < 1.29 is 9.21 Å². The molecule has 3 nitrogen and oxygen atoms in total. The highest BCUT2D eigenvalue weighted by Crippen LogP contribution is 2.07. The first kappa shape index (κ1) is 9.65. The zero-order valence-corrected chi connectivity index (χ0v) is 8.43. The summed E-state index contributed by atoms with van der Waals surface area (Å²) in [5.41, 5.74) is 1.53. The van der Waals surface area contributed by atoms with E-state index >= 15 is 0 Å². The average molecular weight is 201 g/mol. The summed E-state index contributed by atoms with van der Waals surface area (Å²) < 4.78 is 5.11. The fourth-order valence-corrected chi connectivity index (χ4v) is 1.35. The molecular formula is C12H11NO2. The highest BCUT2D eigenvalue weighted by atomic mass is 16.3. The minimum Gasteiger partial charge on any atom is -0.469 e. The van der Waals surface area contributed by atoms with Gasteiger partial charge in [0.15, 0.2) is 5.78 Å². The maximum atomic E-state index is 11.7. The largest absolute Gasteiger partial charge is 0.469 e. The zero-order chi connectivity index (χ0) is 10.7. The summed E-state index contributed by atoms with van der Waals surface area (Å²) in [4.78, 5) is 15.8. The summed E-state index contributed by atoms with van der Waals surface area (Å²) in [7, 11) is 0. The van der Waals surface area contributed by atoms with Crippen LogP contribution in [0.15, 0.2) is 41.1 Å². The van der Waals surface area contributed by atoms with Gasteiger partial charge in [-0.2, -0.15) is 0 Å². The van der Waals surface area contributed by atoms with Crippen LogP contribution in [-0.4, -0.2) is 10.8 Å². The van der Waals surface area contributed by atoms with Gasteiger partial charge in [0.25, 0.3) is 0 Å². The quantitative estimate of drug-likeness (QED) is 0.716. The molecule has 0 aliphatic heterocycles. The molecule has 0 atom stereocenters. The molecule has 0 bridgehead atoms. The minimum absolute atomic E-state index is 0.0198. The van der Waals surface area contributed by atoms with Crippen molar-refractivity contribution in [2.45, 2.75) is 13.3 Å². The Bertz CT molecular complexity index is 460. The van der Waals surface area contributed by atoms with Gasteiger partial charge < -0.3 is 4.42 Å². The van der Waals surface area contributed by atoms with Gasteiger partial charge in [-0.3, -0.25) is 9.78 Å². The van der Waals surface area contributed by atoms with E-state index in [4.69, 9.17) is 4.42 Å². The molecule has 76 valence electrons. The monoisotopic (exact) mass is 201 g/mol. The molecular weight excluding hydrogens is 190 g/mol. The lowest BCUT2D eigenvalue weighted by Gasteiger charge is -1.98. The van der Waals surface area contributed by atoms with Gasteiger partial charge in [-0.15, -0.1) is 0 Å². The summed E-state index contributed by atoms with van der Waals surface area (Å²) >= 11 is 0. The standard InChI is InChI=1S/C12H11NO2/c1-9-4-5-13-11(7-9)12(14)8-10-3-2-6-15-10/h2-7H,8H2,1H3. The van der Waals surface area contributed by atoms with E-state index in [-0.39, 0.29) is 12.2 Å². The molecule has 2 aromatic rings. The molecule has 0 aliphatic carbocycles. The van der Waals surface area contributed by atoms with Gasteiger partial charge in [-0.1, -0.05) is 0 Å². The van der Waals surface area contributed by atoms with Crippen molar-refractivity contribution in [2.24, 2.45) is 0 Å². The second-order valence-corrected chi connectivity index (χ2v) is 3.40. The molecule has 0 aromatic carbocycles. The number of carbonyl (C=O) groups excluding carboxylic acids is 1. The molecule has 2 heterocycles. The predicted octanol–water partition coefficient (Wildman–Crippen LogP) is 2.41. The number of aromatic nitrogens is 1. The maximum Gasteiger partial charge on any atom is 0.188 e. The van der Waals surface area contributed by atoms with Crippen LogP contribution >= 0.6 is 0 Å². The molecule has 2 aromatic heterocycles. The van der Waals surface area contributed by atoms with Gasteiger partial charge in [0.2, 0.25) is 0 Å². The molecule has 0 amide bonds. The molecule has 0 spiro atoms. The highest BCUT2D eigenvalue weighted by Gasteiger charge is 2.09. The van der Waals surface area contributed by atoms with E-state index in [1.54, 1.807) is 30.7 Å². The van der Waals surface area contributed by atoms with Crippen LogP contribution in [-0.2, 0) is 6.42 Å². The summed E-state index contributed by atoms with van der Waals surface area (Å²) in [6.45, 7) is 1.94. The highest BCUT2D eigenvalue weighted by molar-refractivity contribution is 5.95. The summed E-state index contributed by atoms with van der Waals surface area (Å²) in [5, 5.41) is 0. The zero-order valence-electron chi connectivity index (χ0n) is 8.43. The second-order valence-electron chi connectivity index (χ2n) is 3.40. The molecule has 0 aliphatic rings. The van der Waals surface area contributed by atoms with Gasteiger partial charge in [0, 0.05) is 6.20 Å². The normalized spacial score (nSPS) is 10.2. The summed E-state index contributed by atoms with van der Waals surface area (Å²) in [6, 6.07) is 7.20. The molecule has 2 rings (SSSR count). The number of aryl methyl sites for hydroxylation is 1. The topological polar surface area (TPSA) is 43.1 Å². The van der Waals surface area contributed by atoms with Gasteiger partial charge in [0.05, 0.1) is 12.7 Å². The molecule has 0 saturated heterocycles. The maximum absolute atomic E-state index is 11.7. The number of Topliss-reactive ketones (excluding diaryl/α,β-unsaturated/α-hetero) is 1. The lowest BCUT2D eigenvalue weighted by Crippen LogP contribution is -2.05. The Morgan fingerprint density at radius 2 is 2.33 bits per heavy atom. The summed E-state index contributed by atoms with van der Waals surface area (Å²) in [5.74, 6) is 0.650. The fourth-order valence-electron chi connectivity index (χ4n) is 1.35. The third-order valence-corrected chi connectivity index (χ3v) is 2.12. The number of pyridine rings is 1. The van der Waals surface area contributed by atoms with E-state index in [1.807, 2.05) is 13.0 Å². The van der Waals surface area contributed by atoms with E-state index in [0.29, 0.717) is 11.5 Å². The Hall–Kier alpha value is -1.90. The van der Waals surface area contributed by atoms with E-state index < -0.39 is 0 Å². The van der Waals surface area contributed by atoms with E-state index in [2.05, 4.69) is 4.98 Å². The minimum atomic E-state index is -0.0198. The van der Waals surface area contributed by atoms with Gasteiger partial charge >= 0.3 is 0 Å². The van der Waals surface area contributed by atoms with Crippen molar-refractivity contribution in [3.05, 3.63) is 53.7 Å². The Kier molecular flexibility index (Phi) is 2.63. The molecule has 0 saturated carbocycles. The lowest BCUT2D eigenvalue weighted by atomic mass is 10.1. The van der Waals surface area contributed by atoms with Gasteiger partial charge in [-0.25, -0.2) is 0 Å². The van der Waals surface area contributed by atoms with Crippen molar-refractivity contribution >= 4 is 5.78 Å². The van der Waals surface area contributed by atoms with Crippen LogP contribution in [0.3, 0.4) is 0 Å². The van der Waals surface area contributed by atoms with Crippen molar-refractivity contribution in [2.75, 3.05) is 0 Å². The van der Waals surface area contributed by atoms with Gasteiger partial charge in [0.1, 0.15) is 11.5 Å². The molecule has 0 N–H and O–H groups in total. The predicted molar refractivity (Wildman–Crippen MR) is 55.7 cm³/mol. The second kappa shape index (κ2) is 4.09. The first-order chi connectivity index (χ1) is 7.25. The van der Waals surface area contributed by atoms with Crippen molar-refractivity contribution in [3.63, 3.8) is 0 Å². The molecule has 0 radical (unpaired) electrons. The number of hydrogen-bond donors (Lipinski definition) is 0. The number of nitrogens with zero attached hydrogens (tertiary/aromatic N) is 1. The van der Waals surface area contributed by atoms with E-state index in [1.165, 1.54) is 0 Å². The number of hydrogen-bond acceptors (Lipinski definition) is 3. The van der Waals surface area contributed by atoms with Gasteiger partial charge in [-0.05, 0) is 36.8 Å². The first-order valence-electron chi connectivity index (χ1n) is 4.74. The van der Waals surface area contributed by atoms with E-state index in [0.717, 1.165) is 5.56 Å². The lowest BCUT2D eigenvalue weighted by molar-refractivity contribution is 0.0982. The van der Waals surface area contributed by atoms with Crippen LogP contribution < -0.4 is 0 Å². The summed E-state index contributed by atoms with van der Waals surface area (Å²) in [6.07, 6.45) is 3.47. The Morgan fingerprint density at radius 1 is 1.47 bits per heavy atom. The number of ketones is 1. The third kappa shape index (κ3) is 2.31. The number of rotatable bonds is 3. The molecule has 0 fully saturated rings. The number of furan rings is 1. The van der Waals surface area contributed by atoms with E-state index in [9.17, 15) is 4.79 Å². The Morgan fingerprint density at radius 3 is 3.00 bits per heavy atom. The van der Waals surface area contributed by atoms with Crippen LogP contribution in [0.25, 0.3) is 0 Å². The fraction of sp³-hybridized carbons (Fsp3) is 0.167. The third-order valence-electron chi connectivity index (χ3n) is 2.12. The van der Waals surface area contributed by atoms with Crippen molar-refractivity contribution in [1.82, 2.24) is 4.98 Å². The van der Waals surface area contributed by atoms with Crippen LogP contribution in [0.2, 0.25) is 0 Å². The smallest absolute Gasteiger partial charge is 0.188 e. The van der Waals surface area contributed by atoms with Crippen LogP contribution in [0.1, 0.15) is 21.8 Å². The molecule has 15 heavy (non-hydrogen) atoms. The number of carbonyl (C=O) groups is 1. The molecule has 0 unspecified atom stereocenters. The molecule has 3 heteroatoms. The van der Waals surface area contributed by atoms with Crippen molar-refractivity contribution in [3.8, 4) is 0 Å². The van der Waals surface area contributed by atoms with Crippen LogP contribution in [0, 0.1) is 6.92 Å². The Balaban J connectivity index is 2.15. The average Bonchev–Trinajstić information content (AvgIpc) is 2.70. The first-order valence-corrected chi connectivity index (χ1v) is 4.74. The SMILES string of the molecule is Cc1ccnc(C(=O)Cc2ccco2)c1. The van der Waals surface area contributed by atoms with Crippen LogP contribution in [0.4, 0.5) is 0 Å². The Labute approximate surface area is 87.8 Å². The van der Waals surface area contributed by atoms with Crippen LogP contribution in [0.5, 0.6) is 0 Å².